The predicted molar refractivity (Wildman–Crippen MR) is 93.3 cm³/mol. The number of ether oxygens (including phenoxy) is 2. The summed E-state index contributed by atoms with van der Waals surface area (Å²) in [6, 6.07) is 0.431. The van der Waals surface area contributed by atoms with Gasteiger partial charge in [0.1, 0.15) is 19.0 Å². The Labute approximate surface area is 142 Å². The third-order valence-corrected chi connectivity index (χ3v) is 4.03. The summed E-state index contributed by atoms with van der Waals surface area (Å²) in [5.41, 5.74) is 0. The second-order valence-electron chi connectivity index (χ2n) is 4.91. The van der Waals surface area contributed by atoms with Gasteiger partial charge in [0, 0.05) is 6.42 Å². The highest BCUT2D eigenvalue weighted by Gasteiger charge is 2.08. The number of aliphatic hydroxyl groups is 1. The summed E-state index contributed by atoms with van der Waals surface area (Å²) < 4.78 is 10.6. The summed E-state index contributed by atoms with van der Waals surface area (Å²) in [5, 5.41) is 8.83. The summed E-state index contributed by atoms with van der Waals surface area (Å²) >= 11 is 2.00. The van der Waals surface area contributed by atoms with Crippen molar-refractivity contribution < 1.29 is 14.6 Å². The highest BCUT2D eigenvalue weighted by Crippen LogP contribution is 2.13. The van der Waals surface area contributed by atoms with Gasteiger partial charge >= 0.3 is 12.0 Å². The topological polar surface area (TPSA) is 77.4 Å². The first-order valence-corrected chi connectivity index (χ1v) is 9.25. The summed E-state index contributed by atoms with van der Waals surface area (Å²) in [7, 11) is 0. The van der Waals surface area contributed by atoms with E-state index in [9.17, 15) is 0 Å². The molecule has 1 heterocycles. The molecule has 23 heavy (non-hydrogen) atoms. The van der Waals surface area contributed by atoms with Crippen molar-refractivity contribution in [3.8, 4) is 12.0 Å². The van der Waals surface area contributed by atoms with Gasteiger partial charge in [-0.15, -0.1) is 4.98 Å². The molecule has 0 spiro atoms. The van der Waals surface area contributed by atoms with Crippen LogP contribution in [0.2, 0.25) is 0 Å². The van der Waals surface area contributed by atoms with Crippen LogP contribution in [-0.4, -0.2) is 51.4 Å². The Morgan fingerprint density at radius 2 is 1.83 bits per heavy atom. The van der Waals surface area contributed by atoms with Crippen molar-refractivity contribution in [2.24, 2.45) is 0 Å². The minimum absolute atomic E-state index is 0.0845. The van der Waals surface area contributed by atoms with Gasteiger partial charge in [0.25, 0.3) is 0 Å². The molecule has 0 aromatic carbocycles. The molecule has 1 aromatic rings. The Hall–Kier alpha value is -1.34. The van der Waals surface area contributed by atoms with Gasteiger partial charge in [-0.3, -0.25) is 0 Å². The lowest BCUT2D eigenvalue weighted by atomic mass is 10.2. The Morgan fingerprint density at radius 1 is 1.09 bits per heavy atom. The van der Waals surface area contributed by atoms with E-state index in [-0.39, 0.29) is 25.2 Å². The van der Waals surface area contributed by atoms with Crippen LogP contribution >= 0.6 is 11.8 Å². The minimum atomic E-state index is -0.0845. The van der Waals surface area contributed by atoms with E-state index in [1.54, 1.807) is 6.08 Å². The van der Waals surface area contributed by atoms with E-state index in [2.05, 4.69) is 28.5 Å². The molecule has 0 aliphatic heterocycles. The first-order valence-electron chi connectivity index (χ1n) is 8.10. The molecule has 0 radical (unpaired) electrons. The molecule has 0 fully saturated rings. The first kappa shape index (κ1) is 19.7. The van der Waals surface area contributed by atoms with Crippen LogP contribution in [0.25, 0.3) is 0 Å². The van der Waals surface area contributed by atoms with Crippen molar-refractivity contribution >= 4 is 11.8 Å². The number of aryl methyl sites for hydroxylation is 1. The Bertz CT molecular complexity index is 447. The van der Waals surface area contributed by atoms with Crippen LogP contribution in [0, 0.1) is 0 Å². The largest absolute Gasteiger partial charge is 0.461 e. The number of rotatable bonds is 14. The third-order valence-electron chi connectivity index (χ3n) is 2.87. The molecule has 0 saturated heterocycles. The fraction of sp³-hybridized carbons (Fsp3) is 0.688. The molecular formula is C16H27N3O3S. The SMILES string of the molecule is C=CCOc1nc(CCCCSCCCC)nc(OCCO)n1. The first-order chi connectivity index (χ1) is 11.3. The third kappa shape index (κ3) is 9.40. The van der Waals surface area contributed by atoms with Crippen molar-refractivity contribution in [1.82, 2.24) is 15.0 Å². The van der Waals surface area contributed by atoms with Crippen LogP contribution in [0.4, 0.5) is 0 Å². The maximum absolute atomic E-state index is 8.83. The summed E-state index contributed by atoms with van der Waals surface area (Å²) in [4.78, 5) is 12.6. The van der Waals surface area contributed by atoms with Gasteiger partial charge in [-0.1, -0.05) is 26.0 Å². The predicted octanol–water partition coefficient (Wildman–Crippen LogP) is 2.66. The number of hydrogen-bond acceptors (Lipinski definition) is 7. The molecule has 0 amide bonds. The zero-order valence-electron chi connectivity index (χ0n) is 13.9. The van der Waals surface area contributed by atoms with E-state index < -0.39 is 0 Å². The van der Waals surface area contributed by atoms with Gasteiger partial charge in [-0.25, -0.2) is 0 Å². The van der Waals surface area contributed by atoms with Crippen LogP contribution < -0.4 is 9.47 Å². The number of nitrogens with zero attached hydrogens (tertiary/aromatic N) is 3. The molecule has 6 nitrogen and oxygen atoms in total. The van der Waals surface area contributed by atoms with Crippen molar-refractivity contribution in [3.63, 3.8) is 0 Å². The molecule has 1 aromatic heterocycles. The van der Waals surface area contributed by atoms with Gasteiger partial charge in [-0.05, 0) is 30.8 Å². The lowest BCUT2D eigenvalue weighted by molar-refractivity contribution is 0.188. The standard InChI is InChI=1S/C16H27N3O3S/c1-3-5-12-23-13-7-6-8-14-17-15(21-10-4-2)19-16(18-14)22-11-9-20/h4,20H,2-3,5-13H2,1H3. The Kier molecular flexibility index (Phi) is 11.3. The summed E-state index contributed by atoms with van der Waals surface area (Å²) in [6.45, 7) is 6.21. The highest BCUT2D eigenvalue weighted by molar-refractivity contribution is 7.99. The average Bonchev–Trinajstić information content (AvgIpc) is 2.57. The molecule has 7 heteroatoms. The van der Waals surface area contributed by atoms with Gasteiger partial charge in [0.2, 0.25) is 0 Å². The molecule has 1 N–H and O–H groups in total. The van der Waals surface area contributed by atoms with Crippen LogP contribution in [0.1, 0.15) is 38.4 Å². The normalized spacial score (nSPS) is 10.5. The van der Waals surface area contributed by atoms with Crippen molar-refractivity contribution in [3.05, 3.63) is 18.5 Å². The minimum Gasteiger partial charge on any atom is -0.461 e. The van der Waals surface area contributed by atoms with Gasteiger partial charge in [-0.2, -0.15) is 21.7 Å². The molecule has 0 aliphatic rings. The van der Waals surface area contributed by atoms with Crippen LogP contribution in [0.5, 0.6) is 12.0 Å². The molecule has 0 saturated carbocycles. The van der Waals surface area contributed by atoms with E-state index in [0.29, 0.717) is 12.4 Å². The van der Waals surface area contributed by atoms with E-state index in [0.717, 1.165) is 19.3 Å². The van der Waals surface area contributed by atoms with Crippen molar-refractivity contribution in [1.29, 1.82) is 0 Å². The van der Waals surface area contributed by atoms with Crippen LogP contribution in [-0.2, 0) is 6.42 Å². The van der Waals surface area contributed by atoms with Gasteiger partial charge in [0.15, 0.2) is 0 Å². The monoisotopic (exact) mass is 341 g/mol. The number of unbranched alkanes of at least 4 members (excludes halogenated alkanes) is 2. The van der Waals surface area contributed by atoms with Crippen LogP contribution in [0.15, 0.2) is 12.7 Å². The van der Waals surface area contributed by atoms with E-state index >= 15 is 0 Å². The van der Waals surface area contributed by atoms with Crippen LogP contribution in [0.3, 0.4) is 0 Å². The van der Waals surface area contributed by atoms with E-state index in [4.69, 9.17) is 14.6 Å². The number of aliphatic hydroxyl groups excluding tert-OH is 1. The number of hydrogen-bond donors (Lipinski definition) is 1. The average molecular weight is 341 g/mol. The number of thioether (sulfide) groups is 1. The van der Waals surface area contributed by atoms with E-state index in [1.807, 2.05) is 11.8 Å². The molecule has 130 valence electrons. The van der Waals surface area contributed by atoms with Gasteiger partial charge in [0.05, 0.1) is 6.61 Å². The fourth-order valence-electron chi connectivity index (χ4n) is 1.72. The molecule has 1 rings (SSSR count). The lowest BCUT2D eigenvalue weighted by Crippen LogP contribution is -2.10. The Morgan fingerprint density at radius 3 is 2.52 bits per heavy atom. The molecule has 0 unspecified atom stereocenters. The second-order valence-corrected chi connectivity index (χ2v) is 6.14. The molecular weight excluding hydrogens is 314 g/mol. The van der Waals surface area contributed by atoms with Gasteiger partial charge < -0.3 is 14.6 Å². The molecule has 0 atom stereocenters. The maximum atomic E-state index is 8.83. The fourth-order valence-corrected chi connectivity index (χ4v) is 2.83. The van der Waals surface area contributed by atoms with Crippen molar-refractivity contribution in [2.75, 3.05) is 31.3 Å². The quantitative estimate of drug-likeness (QED) is 0.412. The molecule has 0 bridgehead atoms. The lowest BCUT2D eigenvalue weighted by Gasteiger charge is -2.08. The highest BCUT2D eigenvalue weighted by atomic mass is 32.2. The Balaban J connectivity index is 2.45. The maximum Gasteiger partial charge on any atom is 0.323 e. The summed E-state index contributed by atoms with van der Waals surface area (Å²) in [6.07, 6.45) is 7.08. The zero-order chi connectivity index (χ0) is 16.8. The second kappa shape index (κ2) is 13.1. The number of aromatic nitrogens is 3. The molecule has 0 aliphatic carbocycles. The van der Waals surface area contributed by atoms with Crippen molar-refractivity contribution in [2.45, 2.75) is 39.0 Å². The summed E-state index contributed by atoms with van der Waals surface area (Å²) in [5.74, 6) is 3.06. The smallest absolute Gasteiger partial charge is 0.323 e. The van der Waals surface area contributed by atoms with E-state index in [1.165, 1.54) is 24.3 Å². The zero-order valence-corrected chi connectivity index (χ0v) is 14.7.